The number of alkyl halides is 1. The van der Waals surface area contributed by atoms with Crippen LogP contribution in [-0.4, -0.2) is 43.7 Å². The zero-order chi connectivity index (χ0) is 21.4. The first kappa shape index (κ1) is 20.6. The summed E-state index contributed by atoms with van der Waals surface area (Å²) in [5.41, 5.74) is 0.647. The van der Waals surface area contributed by atoms with Crippen LogP contribution in [0.15, 0.2) is 47.5 Å². The highest BCUT2D eigenvalue weighted by Crippen LogP contribution is 2.31. The summed E-state index contributed by atoms with van der Waals surface area (Å²) in [6, 6.07) is 4.28. The standard InChI is InChI=1S/C21H21ClFN4O3/c1-11-7-15(18(23)19(11)28)26-21-14(8-24-10-25-21)20(29)13-5-6-27(9-13)12(2)16-3-4-17(22)30-16/h3-6,8-12,15,18-19,28H,1,7H2,2H3,(H,24,25,26)/t11-,12+,15-,18-,19-/m1/s1. The van der Waals surface area contributed by atoms with E-state index in [1.54, 1.807) is 30.6 Å². The van der Waals surface area contributed by atoms with Crippen molar-refractivity contribution in [3.63, 3.8) is 0 Å². The van der Waals surface area contributed by atoms with Crippen molar-refractivity contribution in [1.29, 1.82) is 0 Å². The third-order valence-electron chi connectivity index (χ3n) is 5.46. The van der Waals surface area contributed by atoms with E-state index in [-0.39, 0.29) is 23.2 Å². The van der Waals surface area contributed by atoms with Gasteiger partial charge in [-0.15, -0.1) is 0 Å². The van der Waals surface area contributed by atoms with Gasteiger partial charge in [0.1, 0.15) is 24.1 Å². The van der Waals surface area contributed by atoms with Gasteiger partial charge in [-0.25, -0.2) is 14.4 Å². The maximum absolute atomic E-state index is 14.3. The Kier molecular flexibility index (Phi) is 5.62. The molecule has 1 aliphatic rings. The highest BCUT2D eigenvalue weighted by Gasteiger charge is 2.41. The number of ketones is 1. The quantitative estimate of drug-likeness (QED) is 0.578. The molecule has 2 N–H and O–H groups in total. The van der Waals surface area contributed by atoms with E-state index in [9.17, 15) is 14.3 Å². The topological polar surface area (TPSA) is 93.2 Å². The van der Waals surface area contributed by atoms with E-state index in [1.165, 1.54) is 12.5 Å². The van der Waals surface area contributed by atoms with Gasteiger partial charge in [-0.3, -0.25) is 4.79 Å². The Labute approximate surface area is 177 Å². The number of aliphatic hydroxyl groups excluding tert-OH is 1. The van der Waals surface area contributed by atoms with Crippen LogP contribution in [-0.2, 0) is 0 Å². The molecular formula is C21H21ClFN4O3. The summed E-state index contributed by atoms with van der Waals surface area (Å²) in [5, 5.41) is 13.1. The van der Waals surface area contributed by atoms with Crippen molar-refractivity contribution < 1.29 is 18.7 Å². The molecule has 4 rings (SSSR count). The Morgan fingerprint density at radius 1 is 1.47 bits per heavy atom. The summed E-state index contributed by atoms with van der Waals surface area (Å²) in [6.45, 7) is 5.68. The summed E-state index contributed by atoms with van der Waals surface area (Å²) in [7, 11) is 0. The molecule has 0 aliphatic heterocycles. The van der Waals surface area contributed by atoms with Crippen LogP contribution in [0.4, 0.5) is 10.2 Å². The minimum absolute atomic E-state index is 0.162. The Hall–Kier alpha value is -2.71. The number of nitrogens with zero attached hydrogens (tertiary/aromatic N) is 3. The van der Waals surface area contributed by atoms with Gasteiger partial charge in [0.05, 0.1) is 23.8 Å². The van der Waals surface area contributed by atoms with Crippen molar-refractivity contribution in [2.45, 2.75) is 37.7 Å². The molecule has 0 unspecified atom stereocenters. The molecule has 1 aliphatic carbocycles. The van der Waals surface area contributed by atoms with Crippen molar-refractivity contribution in [3.05, 3.63) is 72.1 Å². The number of aliphatic hydroxyl groups is 1. The molecule has 0 amide bonds. The molecular weight excluding hydrogens is 411 g/mol. The lowest BCUT2D eigenvalue weighted by molar-refractivity contribution is 0.0793. The number of hydrogen-bond acceptors (Lipinski definition) is 6. The number of carbonyl (C=O) groups is 1. The molecule has 1 fully saturated rings. The molecule has 3 heterocycles. The molecule has 9 heteroatoms. The molecule has 5 atom stereocenters. The normalized spacial score (nSPS) is 24.7. The number of carbonyl (C=O) groups excluding carboxylic acids is 1. The van der Waals surface area contributed by atoms with Gasteiger partial charge in [-0.2, -0.15) is 0 Å². The van der Waals surface area contributed by atoms with Crippen LogP contribution in [0.5, 0.6) is 0 Å². The molecule has 3 aromatic heterocycles. The largest absolute Gasteiger partial charge is 0.448 e. The summed E-state index contributed by atoms with van der Waals surface area (Å²) in [5.74, 6) is 0.157. The first-order valence-electron chi connectivity index (χ1n) is 9.54. The first-order chi connectivity index (χ1) is 14.3. The summed E-state index contributed by atoms with van der Waals surface area (Å²) < 4.78 is 21.6. The van der Waals surface area contributed by atoms with E-state index in [0.29, 0.717) is 23.0 Å². The average Bonchev–Trinajstić information content (AvgIpc) is 3.45. The number of aromatic nitrogens is 3. The van der Waals surface area contributed by atoms with E-state index in [2.05, 4.69) is 22.2 Å². The van der Waals surface area contributed by atoms with Crippen LogP contribution in [0, 0.1) is 12.8 Å². The van der Waals surface area contributed by atoms with Crippen molar-refractivity contribution in [3.8, 4) is 0 Å². The molecule has 157 valence electrons. The smallest absolute Gasteiger partial charge is 0.199 e. The Morgan fingerprint density at radius 2 is 2.27 bits per heavy atom. The van der Waals surface area contributed by atoms with Crippen molar-refractivity contribution in [2.75, 3.05) is 5.32 Å². The van der Waals surface area contributed by atoms with E-state index >= 15 is 0 Å². The summed E-state index contributed by atoms with van der Waals surface area (Å²) in [6.07, 6.45) is 3.84. The van der Waals surface area contributed by atoms with E-state index in [0.717, 1.165) is 0 Å². The lowest BCUT2D eigenvalue weighted by Gasteiger charge is -2.18. The SMILES string of the molecule is [CH2][C@@H]1C[C@@H](Nc2ncncc2C(=O)c2ccn([C@@H](C)c3ccc(Cl)o3)c2)[C@@H](F)[C@@H]1O. The Balaban J connectivity index is 1.55. The van der Waals surface area contributed by atoms with Crippen LogP contribution in [0.3, 0.4) is 0 Å². The molecule has 0 spiro atoms. The van der Waals surface area contributed by atoms with Gasteiger partial charge in [-0.1, -0.05) is 0 Å². The minimum atomic E-state index is -1.49. The number of rotatable bonds is 6. The van der Waals surface area contributed by atoms with Gasteiger partial charge in [0.25, 0.3) is 0 Å². The van der Waals surface area contributed by atoms with Gasteiger partial charge >= 0.3 is 0 Å². The molecule has 0 bridgehead atoms. The molecule has 3 aromatic rings. The molecule has 30 heavy (non-hydrogen) atoms. The minimum Gasteiger partial charge on any atom is -0.448 e. The van der Waals surface area contributed by atoms with E-state index < -0.39 is 24.2 Å². The first-order valence-corrected chi connectivity index (χ1v) is 9.92. The molecule has 0 aromatic carbocycles. The number of halogens is 2. The van der Waals surface area contributed by atoms with Crippen molar-refractivity contribution >= 4 is 23.2 Å². The number of furan rings is 1. The third kappa shape index (κ3) is 3.85. The fourth-order valence-electron chi connectivity index (χ4n) is 3.66. The zero-order valence-corrected chi connectivity index (χ0v) is 17.0. The summed E-state index contributed by atoms with van der Waals surface area (Å²) >= 11 is 5.85. The van der Waals surface area contributed by atoms with E-state index in [1.807, 2.05) is 11.5 Å². The second-order valence-corrected chi connectivity index (χ2v) is 7.83. The molecule has 1 radical (unpaired) electrons. The fourth-order valence-corrected chi connectivity index (χ4v) is 3.81. The zero-order valence-electron chi connectivity index (χ0n) is 16.2. The van der Waals surface area contributed by atoms with Gasteiger partial charge in [0.15, 0.2) is 11.0 Å². The molecule has 1 saturated carbocycles. The average molecular weight is 432 g/mol. The van der Waals surface area contributed by atoms with Gasteiger partial charge in [0, 0.05) is 24.2 Å². The predicted molar refractivity (Wildman–Crippen MR) is 109 cm³/mol. The Morgan fingerprint density at radius 3 is 2.93 bits per heavy atom. The molecule has 0 saturated heterocycles. The van der Waals surface area contributed by atoms with Crippen LogP contribution in [0.1, 0.15) is 41.1 Å². The van der Waals surface area contributed by atoms with Crippen molar-refractivity contribution in [2.24, 2.45) is 5.92 Å². The van der Waals surface area contributed by atoms with Gasteiger partial charge in [0.2, 0.25) is 0 Å². The second-order valence-electron chi connectivity index (χ2n) is 7.46. The highest BCUT2D eigenvalue weighted by atomic mass is 35.5. The van der Waals surface area contributed by atoms with E-state index in [4.69, 9.17) is 16.0 Å². The van der Waals surface area contributed by atoms with Crippen LogP contribution in [0.25, 0.3) is 0 Å². The maximum Gasteiger partial charge on any atom is 0.199 e. The fraction of sp³-hybridized carbons (Fsp3) is 0.333. The lowest BCUT2D eigenvalue weighted by Crippen LogP contribution is -2.32. The molecule has 7 nitrogen and oxygen atoms in total. The monoisotopic (exact) mass is 431 g/mol. The number of anilines is 1. The van der Waals surface area contributed by atoms with Crippen LogP contribution in [0.2, 0.25) is 5.22 Å². The lowest BCUT2D eigenvalue weighted by atomic mass is 10.1. The Bertz CT molecular complexity index is 1050. The van der Waals surface area contributed by atoms with Crippen molar-refractivity contribution in [1.82, 2.24) is 14.5 Å². The second kappa shape index (κ2) is 8.20. The number of hydrogen-bond donors (Lipinski definition) is 2. The maximum atomic E-state index is 14.3. The number of nitrogens with one attached hydrogen (secondary N) is 1. The highest BCUT2D eigenvalue weighted by molar-refractivity contribution is 6.28. The van der Waals surface area contributed by atoms with Gasteiger partial charge < -0.3 is 19.4 Å². The van der Waals surface area contributed by atoms with Gasteiger partial charge in [-0.05, 0) is 56.0 Å². The predicted octanol–water partition coefficient (Wildman–Crippen LogP) is 3.70. The van der Waals surface area contributed by atoms with Crippen LogP contribution >= 0.6 is 11.6 Å². The third-order valence-corrected chi connectivity index (χ3v) is 5.66. The summed E-state index contributed by atoms with van der Waals surface area (Å²) in [4.78, 5) is 21.2. The van der Waals surface area contributed by atoms with Crippen LogP contribution < -0.4 is 5.32 Å².